The number of nitrogens with one attached hydrogen (secondary N) is 1. The lowest BCUT2D eigenvalue weighted by Gasteiger charge is -2.24. The highest BCUT2D eigenvalue weighted by Crippen LogP contribution is 2.27. The smallest absolute Gasteiger partial charge is 0.123 e. The SMILES string of the molecule is CCC(NC)c1ccc(N(CC)c2ccc(F)cc2)cc1. The van der Waals surface area contributed by atoms with E-state index >= 15 is 0 Å². The van der Waals surface area contributed by atoms with Gasteiger partial charge in [0.25, 0.3) is 0 Å². The van der Waals surface area contributed by atoms with E-state index in [1.54, 1.807) is 0 Å². The van der Waals surface area contributed by atoms with E-state index in [1.807, 2.05) is 19.2 Å². The summed E-state index contributed by atoms with van der Waals surface area (Å²) in [7, 11) is 1.99. The largest absolute Gasteiger partial charge is 0.342 e. The van der Waals surface area contributed by atoms with Gasteiger partial charge in [-0.2, -0.15) is 0 Å². The topological polar surface area (TPSA) is 15.3 Å². The molecule has 1 atom stereocenters. The Morgan fingerprint density at radius 2 is 1.48 bits per heavy atom. The summed E-state index contributed by atoms with van der Waals surface area (Å²) < 4.78 is 13.1. The van der Waals surface area contributed by atoms with E-state index in [9.17, 15) is 4.39 Å². The van der Waals surface area contributed by atoms with Gasteiger partial charge in [0.2, 0.25) is 0 Å². The minimum absolute atomic E-state index is 0.204. The fraction of sp³-hybridized carbons (Fsp3) is 0.333. The van der Waals surface area contributed by atoms with Gasteiger partial charge in [-0.1, -0.05) is 19.1 Å². The molecule has 0 aliphatic heterocycles. The first-order valence-electron chi connectivity index (χ1n) is 7.49. The van der Waals surface area contributed by atoms with Gasteiger partial charge in [0.1, 0.15) is 5.82 Å². The van der Waals surface area contributed by atoms with Crippen molar-refractivity contribution in [2.24, 2.45) is 0 Å². The van der Waals surface area contributed by atoms with Crippen molar-refractivity contribution in [3.63, 3.8) is 0 Å². The molecule has 1 N–H and O–H groups in total. The molecule has 3 heteroatoms. The van der Waals surface area contributed by atoms with Gasteiger partial charge in [-0.05, 0) is 62.4 Å². The molecule has 21 heavy (non-hydrogen) atoms. The molecule has 0 heterocycles. The van der Waals surface area contributed by atoms with Crippen LogP contribution in [-0.4, -0.2) is 13.6 Å². The number of benzene rings is 2. The second-order valence-electron chi connectivity index (χ2n) is 5.06. The first-order valence-corrected chi connectivity index (χ1v) is 7.49. The molecule has 0 spiro atoms. The zero-order chi connectivity index (χ0) is 15.2. The molecule has 2 rings (SSSR count). The zero-order valence-corrected chi connectivity index (χ0v) is 12.9. The maximum Gasteiger partial charge on any atom is 0.123 e. The van der Waals surface area contributed by atoms with E-state index in [4.69, 9.17) is 0 Å². The van der Waals surface area contributed by atoms with Crippen LogP contribution in [0.3, 0.4) is 0 Å². The number of halogens is 1. The molecule has 0 bridgehead atoms. The molecular weight excluding hydrogens is 263 g/mol. The molecule has 0 radical (unpaired) electrons. The van der Waals surface area contributed by atoms with Crippen molar-refractivity contribution in [2.45, 2.75) is 26.3 Å². The predicted octanol–water partition coefficient (Wildman–Crippen LogP) is 4.65. The van der Waals surface area contributed by atoms with Gasteiger partial charge in [-0.25, -0.2) is 4.39 Å². The minimum atomic E-state index is -0.204. The molecule has 1 unspecified atom stereocenters. The van der Waals surface area contributed by atoms with Gasteiger partial charge in [-0.15, -0.1) is 0 Å². The van der Waals surface area contributed by atoms with Gasteiger partial charge >= 0.3 is 0 Å². The van der Waals surface area contributed by atoms with E-state index in [-0.39, 0.29) is 5.82 Å². The zero-order valence-electron chi connectivity index (χ0n) is 12.9. The number of nitrogens with zero attached hydrogens (tertiary/aromatic N) is 1. The summed E-state index contributed by atoms with van der Waals surface area (Å²) in [6.45, 7) is 5.11. The Hall–Kier alpha value is -1.87. The molecule has 0 saturated heterocycles. The maximum absolute atomic E-state index is 13.1. The van der Waals surface area contributed by atoms with Crippen molar-refractivity contribution in [3.05, 3.63) is 59.9 Å². The molecule has 112 valence electrons. The molecule has 0 aliphatic rings. The lowest BCUT2D eigenvalue weighted by molar-refractivity contribution is 0.577. The Morgan fingerprint density at radius 3 is 1.90 bits per heavy atom. The van der Waals surface area contributed by atoms with Crippen LogP contribution in [0.25, 0.3) is 0 Å². The van der Waals surface area contributed by atoms with Crippen LogP contribution in [0.2, 0.25) is 0 Å². The quantitative estimate of drug-likeness (QED) is 0.831. The van der Waals surface area contributed by atoms with E-state index in [0.29, 0.717) is 6.04 Å². The van der Waals surface area contributed by atoms with Crippen molar-refractivity contribution in [2.75, 3.05) is 18.5 Å². The van der Waals surface area contributed by atoms with Gasteiger partial charge in [0.05, 0.1) is 0 Å². The molecular formula is C18H23FN2. The van der Waals surface area contributed by atoms with Crippen LogP contribution in [0.1, 0.15) is 31.9 Å². The highest BCUT2D eigenvalue weighted by Gasteiger charge is 2.10. The summed E-state index contributed by atoms with van der Waals surface area (Å²) in [5.74, 6) is -0.204. The Morgan fingerprint density at radius 1 is 0.952 bits per heavy atom. The number of rotatable bonds is 6. The number of hydrogen-bond acceptors (Lipinski definition) is 2. The van der Waals surface area contributed by atoms with E-state index in [0.717, 1.165) is 24.3 Å². The van der Waals surface area contributed by atoms with Crippen LogP contribution in [0.15, 0.2) is 48.5 Å². The van der Waals surface area contributed by atoms with E-state index in [1.165, 1.54) is 17.7 Å². The first-order chi connectivity index (χ1) is 10.2. The molecule has 0 fully saturated rings. The fourth-order valence-electron chi connectivity index (χ4n) is 2.63. The normalized spacial score (nSPS) is 12.2. The highest BCUT2D eigenvalue weighted by molar-refractivity contribution is 5.63. The van der Waals surface area contributed by atoms with E-state index in [2.05, 4.69) is 48.3 Å². The number of anilines is 2. The second-order valence-corrected chi connectivity index (χ2v) is 5.06. The monoisotopic (exact) mass is 286 g/mol. The summed E-state index contributed by atoms with van der Waals surface area (Å²) >= 11 is 0. The summed E-state index contributed by atoms with van der Waals surface area (Å²) in [6, 6.07) is 15.6. The summed E-state index contributed by atoms with van der Waals surface area (Å²) in [5.41, 5.74) is 3.42. The summed E-state index contributed by atoms with van der Waals surface area (Å²) in [4.78, 5) is 2.17. The van der Waals surface area contributed by atoms with Crippen molar-refractivity contribution in [1.82, 2.24) is 5.32 Å². The third kappa shape index (κ3) is 3.61. The Bertz CT molecular complexity index is 544. The van der Waals surface area contributed by atoms with Crippen molar-refractivity contribution < 1.29 is 4.39 Å². The summed E-state index contributed by atoms with van der Waals surface area (Å²) in [5, 5.41) is 3.31. The van der Waals surface area contributed by atoms with Gasteiger partial charge in [0.15, 0.2) is 0 Å². The van der Waals surface area contributed by atoms with Crippen LogP contribution >= 0.6 is 0 Å². The molecule has 0 saturated carbocycles. The van der Waals surface area contributed by atoms with Crippen LogP contribution in [0.5, 0.6) is 0 Å². The molecule has 2 aromatic rings. The standard InChI is InChI=1S/C18H23FN2/c1-4-18(20-3)14-6-10-16(11-7-14)21(5-2)17-12-8-15(19)9-13-17/h6-13,18,20H,4-5H2,1-3H3. The Kier molecular flexibility index (Phi) is 5.34. The van der Waals surface area contributed by atoms with Gasteiger partial charge in [0, 0.05) is 24.0 Å². The lowest BCUT2D eigenvalue weighted by Crippen LogP contribution is -2.17. The molecule has 2 nitrogen and oxygen atoms in total. The molecule has 0 aliphatic carbocycles. The van der Waals surface area contributed by atoms with Crippen molar-refractivity contribution in [1.29, 1.82) is 0 Å². The lowest BCUT2D eigenvalue weighted by atomic mass is 10.0. The Labute approximate surface area is 126 Å². The number of hydrogen-bond donors (Lipinski definition) is 1. The average Bonchev–Trinajstić information content (AvgIpc) is 2.52. The minimum Gasteiger partial charge on any atom is -0.342 e. The Balaban J connectivity index is 2.24. The third-order valence-corrected chi connectivity index (χ3v) is 3.82. The van der Waals surface area contributed by atoms with E-state index < -0.39 is 0 Å². The second kappa shape index (κ2) is 7.23. The predicted molar refractivity (Wildman–Crippen MR) is 87.6 cm³/mol. The third-order valence-electron chi connectivity index (χ3n) is 3.82. The van der Waals surface area contributed by atoms with Gasteiger partial charge in [-0.3, -0.25) is 0 Å². The fourth-order valence-corrected chi connectivity index (χ4v) is 2.63. The molecule has 0 amide bonds. The van der Waals surface area contributed by atoms with Crippen LogP contribution < -0.4 is 10.2 Å². The highest BCUT2D eigenvalue weighted by atomic mass is 19.1. The summed E-state index contributed by atoms with van der Waals surface area (Å²) in [6.07, 6.45) is 1.06. The first kappa shape index (κ1) is 15.5. The van der Waals surface area contributed by atoms with Crippen molar-refractivity contribution in [3.8, 4) is 0 Å². The van der Waals surface area contributed by atoms with Crippen molar-refractivity contribution >= 4 is 11.4 Å². The van der Waals surface area contributed by atoms with Crippen LogP contribution in [-0.2, 0) is 0 Å². The molecule has 2 aromatic carbocycles. The van der Waals surface area contributed by atoms with Crippen LogP contribution in [0.4, 0.5) is 15.8 Å². The molecule has 0 aromatic heterocycles. The average molecular weight is 286 g/mol. The van der Waals surface area contributed by atoms with Crippen LogP contribution in [0, 0.1) is 5.82 Å². The van der Waals surface area contributed by atoms with Gasteiger partial charge < -0.3 is 10.2 Å². The maximum atomic E-state index is 13.1.